The van der Waals surface area contributed by atoms with E-state index in [1.54, 1.807) is 6.92 Å². The monoisotopic (exact) mass is 141 g/mol. The Morgan fingerprint density at radius 1 is 1.80 bits per heavy atom. The van der Waals surface area contributed by atoms with Crippen LogP contribution < -0.4 is 11.1 Å². The molecule has 0 radical (unpaired) electrons. The van der Waals surface area contributed by atoms with Crippen molar-refractivity contribution < 1.29 is 5.21 Å². The first-order valence-corrected chi connectivity index (χ1v) is 2.88. The molecule has 0 heterocycles. The summed E-state index contributed by atoms with van der Waals surface area (Å²) in [7, 11) is 0. The van der Waals surface area contributed by atoms with Crippen LogP contribution in [-0.2, 0) is 0 Å². The van der Waals surface area contributed by atoms with Crippen molar-refractivity contribution in [3.63, 3.8) is 0 Å². The maximum atomic E-state index is 8.08. The fourth-order valence-electron chi connectivity index (χ4n) is 0.377. The van der Waals surface area contributed by atoms with E-state index in [-0.39, 0.29) is 5.84 Å². The number of nitrogens with zero attached hydrogens (tertiary/aromatic N) is 1. The Morgan fingerprint density at radius 2 is 2.50 bits per heavy atom. The van der Waals surface area contributed by atoms with E-state index in [0.29, 0.717) is 13.1 Å². The number of amidine groups is 1. The third kappa shape index (κ3) is 4.94. The SMILES string of the molecule is CC#CCNCC(N)=NO. The molecule has 0 aromatic rings. The van der Waals surface area contributed by atoms with Gasteiger partial charge in [0.05, 0.1) is 13.1 Å². The van der Waals surface area contributed by atoms with Gasteiger partial charge in [0.15, 0.2) is 5.84 Å². The van der Waals surface area contributed by atoms with E-state index >= 15 is 0 Å². The molecule has 10 heavy (non-hydrogen) atoms. The molecule has 0 unspecified atom stereocenters. The Bertz CT molecular complexity index is 166. The zero-order valence-electron chi connectivity index (χ0n) is 5.89. The molecule has 4 heteroatoms. The summed E-state index contributed by atoms with van der Waals surface area (Å²) in [6.07, 6.45) is 0. The van der Waals surface area contributed by atoms with Crippen LogP contribution in [0.5, 0.6) is 0 Å². The standard InChI is InChI=1S/C6H11N3O/c1-2-3-4-8-5-6(7)9-10/h8,10H,4-5H2,1H3,(H2,7,9). The van der Waals surface area contributed by atoms with Crippen molar-refractivity contribution in [1.29, 1.82) is 0 Å². The Labute approximate surface area is 60.1 Å². The molecule has 0 saturated carbocycles. The Kier molecular flexibility index (Phi) is 5.20. The molecular weight excluding hydrogens is 130 g/mol. The van der Waals surface area contributed by atoms with Gasteiger partial charge < -0.3 is 10.9 Å². The molecule has 0 saturated heterocycles. The molecule has 0 aliphatic carbocycles. The number of hydrogen-bond acceptors (Lipinski definition) is 3. The average molecular weight is 141 g/mol. The van der Waals surface area contributed by atoms with Crippen molar-refractivity contribution >= 4 is 5.84 Å². The van der Waals surface area contributed by atoms with Crippen molar-refractivity contribution in [1.82, 2.24) is 5.32 Å². The zero-order chi connectivity index (χ0) is 7.82. The molecule has 0 atom stereocenters. The zero-order valence-corrected chi connectivity index (χ0v) is 5.89. The van der Waals surface area contributed by atoms with Gasteiger partial charge in [-0.1, -0.05) is 11.1 Å². The van der Waals surface area contributed by atoms with Gasteiger partial charge in [-0.15, -0.1) is 5.92 Å². The van der Waals surface area contributed by atoms with E-state index in [0.717, 1.165) is 0 Å². The lowest BCUT2D eigenvalue weighted by Gasteiger charge is -1.95. The highest BCUT2D eigenvalue weighted by Gasteiger charge is 1.87. The minimum Gasteiger partial charge on any atom is -0.409 e. The fraction of sp³-hybridized carbons (Fsp3) is 0.500. The maximum absolute atomic E-state index is 8.08. The number of oxime groups is 1. The van der Waals surface area contributed by atoms with E-state index < -0.39 is 0 Å². The molecule has 4 nitrogen and oxygen atoms in total. The van der Waals surface area contributed by atoms with Gasteiger partial charge in [0.25, 0.3) is 0 Å². The van der Waals surface area contributed by atoms with Crippen LogP contribution in [0.1, 0.15) is 6.92 Å². The number of rotatable bonds is 3. The quantitative estimate of drug-likeness (QED) is 0.122. The lowest BCUT2D eigenvalue weighted by Crippen LogP contribution is -2.29. The first kappa shape index (κ1) is 8.79. The fourth-order valence-corrected chi connectivity index (χ4v) is 0.377. The van der Waals surface area contributed by atoms with Crippen LogP contribution in [0.25, 0.3) is 0 Å². The van der Waals surface area contributed by atoms with E-state index in [1.807, 2.05) is 0 Å². The molecule has 0 aliphatic rings. The highest BCUT2D eigenvalue weighted by Crippen LogP contribution is 1.61. The van der Waals surface area contributed by atoms with Gasteiger partial charge in [0.2, 0.25) is 0 Å². The van der Waals surface area contributed by atoms with Crippen LogP contribution >= 0.6 is 0 Å². The molecule has 0 rings (SSSR count). The molecule has 56 valence electrons. The van der Waals surface area contributed by atoms with Crippen molar-refractivity contribution in [3.05, 3.63) is 0 Å². The second-order valence-electron chi connectivity index (χ2n) is 1.62. The summed E-state index contributed by atoms with van der Waals surface area (Å²) in [5.41, 5.74) is 5.14. The van der Waals surface area contributed by atoms with Crippen LogP contribution in [0.4, 0.5) is 0 Å². The molecule has 0 aromatic heterocycles. The maximum Gasteiger partial charge on any atom is 0.153 e. The predicted molar refractivity (Wildman–Crippen MR) is 39.7 cm³/mol. The van der Waals surface area contributed by atoms with Gasteiger partial charge in [-0.25, -0.2) is 0 Å². The van der Waals surface area contributed by atoms with Gasteiger partial charge >= 0.3 is 0 Å². The minimum absolute atomic E-state index is 0.165. The summed E-state index contributed by atoms with van der Waals surface area (Å²) in [6, 6.07) is 0. The van der Waals surface area contributed by atoms with E-state index in [1.165, 1.54) is 0 Å². The largest absolute Gasteiger partial charge is 0.409 e. The van der Waals surface area contributed by atoms with E-state index in [2.05, 4.69) is 22.3 Å². The highest BCUT2D eigenvalue weighted by atomic mass is 16.4. The van der Waals surface area contributed by atoms with Crippen molar-refractivity contribution in [2.75, 3.05) is 13.1 Å². The predicted octanol–water partition coefficient (Wildman–Crippen LogP) is -0.654. The van der Waals surface area contributed by atoms with Gasteiger partial charge in [-0.3, -0.25) is 5.32 Å². The van der Waals surface area contributed by atoms with Gasteiger partial charge in [0, 0.05) is 0 Å². The van der Waals surface area contributed by atoms with Gasteiger partial charge in [-0.05, 0) is 6.92 Å². The summed E-state index contributed by atoms with van der Waals surface area (Å²) in [6.45, 7) is 2.68. The summed E-state index contributed by atoms with van der Waals surface area (Å²) in [5, 5.41) is 13.7. The molecule has 0 bridgehead atoms. The summed E-state index contributed by atoms with van der Waals surface area (Å²) in [4.78, 5) is 0. The topological polar surface area (TPSA) is 70.6 Å². The minimum atomic E-state index is 0.165. The molecule has 0 spiro atoms. The lowest BCUT2D eigenvalue weighted by atomic mass is 10.5. The van der Waals surface area contributed by atoms with Crippen LogP contribution in [-0.4, -0.2) is 24.1 Å². The van der Waals surface area contributed by atoms with Crippen LogP contribution in [0.15, 0.2) is 5.16 Å². The van der Waals surface area contributed by atoms with Crippen LogP contribution in [0, 0.1) is 11.8 Å². The summed E-state index contributed by atoms with van der Waals surface area (Å²) in [5.74, 6) is 5.64. The number of nitrogens with two attached hydrogens (primary N) is 1. The lowest BCUT2D eigenvalue weighted by molar-refractivity contribution is 0.317. The molecule has 0 aliphatic heterocycles. The third-order valence-corrected chi connectivity index (χ3v) is 0.825. The number of nitrogens with one attached hydrogen (secondary N) is 1. The van der Waals surface area contributed by atoms with Gasteiger partial charge in [-0.2, -0.15) is 0 Å². The normalized spacial score (nSPS) is 10.3. The Hall–Kier alpha value is -1.21. The second-order valence-corrected chi connectivity index (χ2v) is 1.62. The molecule has 0 amide bonds. The van der Waals surface area contributed by atoms with Gasteiger partial charge in [0.1, 0.15) is 0 Å². The van der Waals surface area contributed by atoms with E-state index in [9.17, 15) is 0 Å². The van der Waals surface area contributed by atoms with Crippen LogP contribution in [0.2, 0.25) is 0 Å². The summed E-state index contributed by atoms with van der Waals surface area (Å²) < 4.78 is 0. The smallest absolute Gasteiger partial charge is 0.153 e. The Balaban J connectivity index is 3.26. The van der Waals surface area contributed by atoms with Crippen LogP contribution in [0.3, 0.4) is 0 Å². The average Bonchev–Trinajstić information content (AvgIpc) is 1.98. The number of hydrogen-bond donors (Lipinski definition) is 3. The van der Waals surface area contributed by atoms with Crippen molar-refractivity contribution in [3.8, 4) is 11.8 Å². The van der Waals surface area contributed by atoms with Crippen molar-refractivity contribution in [2.24, 2.45) is 10.9 Å². The first-order chi connectivity index (χ1) is 4.81. The molecular formula is C6H11N3O. The molecule has 4 N–H and O–H groups in total. The molecule has 0 fully saturated rings. The van der Waals surface area contributed by atoms with Crippen molar-refractivity contribution in [2.45, 2.75) is 6.92 Å². The second kappa shape index (κ2) is 5.92. The first-order valence-electron chi connectivity index (χ1n) is 2.88. The molecule has 0 aromatic carbocycles. The van der Waals surface area contributed by atoms with E-state index in [4.69, 9.17) is 10.9 Å². The Morgan fingerprint density at radius 3 is 3.00 bits per heavy atom. The highest BCUT2D eigenvalue weighted by molar-refractivity contribution is 5.81. The summed E-state index contributed by atoms with van der Waals surface area (Å²) >= 11 is 0. The third-order valence-electron chi connectivity index (χ3n) is 0.825.